The minimum absolute atomic E-state index is 0.0396. The van der Waals surface area contributed by atoms with E-state index in [1.54, 1.807) is 41.7 Å². The van der Waals surface area contributed by atoms with Gasteiger partial charge in [0.25, 0.3) is 0 Å². The van der Waals surface area contributed by atoms with E-state index in [-0.39, 0.29) is 5.91 Å². The van der Waals surface area contributed by atoms with Crippen molar-refractivity contribution in [3.05, 3.63) is 69.6 Å². The maximum Gasteiger partial charge on any atom is 0.234 e. The highest BCUT2D eigenvalue weighted by molar-refractivity contribution is 7.23. The first kappa shape index (κ1) is 18.9. The Morgan fingerprint density at radius 2 is 2.11 bits per heavy atom. The Bertz CT molecular complexity index is 1100. The standard InChI is InChI=1S/C20H16ClN3O2S2/c1-26-16-8-7-15(21)19-18(16)23-20(28-19)24(12-13-5-2-3-9-22-13)17(25)11-14-6-4-10-27-14/h2-10H,11-12H2,1H3. The second kappa shape index (κ2) is 8.26. The molecule has 0 bridgehead atoms. The number of carbonyl (C=O) groups excluding carboxylic acids is 1. The van der Waals surface area contributed by atoms with E-state index < -0.39 is 0 Å². The van der Waals surface area contributed by atoms with E-state index >= 15 is 0 Å². The Hall–Kier alpha value is -2.48. The molecule has 4 rings (SSSR count). The van der Waals surface area contributed by atoms with Crippen LogP contribution in [0.25, 0.3) is 10.2 Å². The number of thiophene rings is 1. The van der Waals surface area contributed by atoms with Gasteiger partial charge in [-0.05, 0) is 35.7 Å². The fourth-order valence-corrected chi connectivity index (χ4v) is 4.76. The number of hydrogen-bond acceptors (Lipinski definition) is 6. The van der Waals surface area contributed by atoms with Gasteiger partial charge in [-0.25, -0.2) is 4.98 Å². The molecular formula is C20H16ClN3O2S2. The molecule has 3 heterocycles. The average molecular weight is 430 g/mol. The van der Waals surface area contributed by atoms with Crippen LogP contribution in [0.1, 0.15) is 10.6 Å². The molecule has 4 aromatic rings. The molecular weight excluding hydrogens is 414 g/mol. The van der Waals surface area contributed by atoms with E-state index in [1.165, 1.54) is 11.3 Å². The van der Waals surface area contributed by atoms with Crippen LogP contribution in [0.4, 0.5) is 5.13 Å². The van der Waals surface area contributed by atoms with E-state index in [9.17, 15) is 4.79 Å². The van der Waals surface area contributed by atoms with Crippen molar-refractivity contribution in [2.24, 2.45) is 0 Å². The topological polar surface area (TPSA) is 55.3 Å². The van der Waals surface area contributed by atoms with Crippen molar-refractivity contribution in [1.82, 2.24) is 9.97 Å². The number of aromatic nitrogens is 2. The van der Waals surface area contributed by atoms with Crippen molar-refractivity contribution in [3.63, 3.8) is 0 Å². The number of ether oxygens (including phenoxy) is 1. The largest absolute Gasteiger partial charge is 0.494 e. The van der Waals surface area contributed by atoms with Crippen molar-refractivity contribution in [3.8, 4) is 5.75 Å². The third-order valence-corrected chi connectivity index (χ3v) is 6.57. The van der Waals surface area contributed by atoms with Gasteiger partial charge in [0, 0.05) is 11.1 Å². The number of thiazole rings is 1. The average Bonchev–Trinajstić information content (AvgIpc) is 3.37. The zero-order chi connectivity index (χ0) is 19.5. The van der Waals surface area contributed by atoms with Gasteiger partial charge in [-0.15, -0.1) is 11.3 Å². The minimum Gasteiger partial charge on any atom is -0.494 e. The molecule has 1 amide bonds. The number of methoxy groups -OCH3 is 1. The third-order valence-electron chi connectivity index (χ3n) is 4.15. The molecule has 0 saturated heterocycles. The number of anilines is 1. The fraction of sp³-hybridized carbons (Fsp3) is 0.150. The molecule has 0 unspecified atom stereocenters. The van der Waals surface area contributed by atoms with E-state index in [0.29, 0.717) is 34.4 Å². The molecule has 0 radical (unpaired) electrons. The summed E-state index contributed by atoms with van der Waals surface area (Å²) in [5.41, 5.74) is 1.45. The molecule has 0 fully saturated rings. The second-order valence-electron chi connectivity index (χ2n) is 5.98. The van der Waals surface area contributed by atoms with Gasteiger partial charge in [-0.3, -0.25) is 14.7 Å². The summed E-state index contributed by atoms with van der Waals surface area (Å²) in [6, 6.07) is 13.1. The van der Waals surface area contributed by atoms with Crippen molar-refractivity contribution in [2.45, 2.75) is 13.0 Å². The highest BCUT2D eigenvalue weighted by Crippen LogP contribution is 2.39. The molecule has 0 aliphatic heterocycles. The first-order chi connectivity index (χ1) is 13.7. The summed E-state index contributed by atoms with van der Waals surface area (Å²) in [4.78, 5) is 24.9. The number of halogens is 1. The number of benzene rings is 1. The van der Waals surface area contributed by atoms with Gasteiger partial charge in [0.15, 0.2) is 5.13 Å². The lowest BCUT2D eigenvalue weighted by atomic mass is 10.3. The van der Waals surface area contributed by atoms with E-state index in [4.69, 9.17) is 16.3 Å². The summed E-state index contributed by atoms with van der Waals surface area (Å²) in [7, 11) is 1.59. The lowest BCUT2D eigenvalue weighted by molar-refractivity contribution is -0.118. The Kier molecular flexibility index (Phi) is 5.57. The minimum atomic E-state index is -0.0396. The number of amides is 1. The molecule has 1 aromatic carbocycles. The lowest BCUT2D eigenvalue weighted by Crippen LogP contribution is -2.31. The van der Waals surface area contributed by atoms with Crippen molar-refractivity contribution in [2.75, 3.05) is 12.0 Å². The first-order valence-corrected chi connectivity index (χ1v) is 10.6. The highest BCUT2D eigenvalue weighted by atomic mass is 35.5. The molecule has 0 aliphatic rings. The molecule has 0 aliphatic carbocycles. The van der Waals surface area contributed by atoms with Crippen molar-refractivity contribution >= 4 is 55.5 Å². The molecule has 0 spiro atoms. The van der Waals surface area contributed by atoms with Crippen LogP contribution in [0.2, 0.25) is 5.02 Å². The van der Waals surface area contributed by atoms with Crippen molar-refractivity contribution in [1.29, 1.82) is 0 Å². The van der Waals surface area contributed by atoms with E-state index in [0.717, 1.165) is 15.3 Å². The van der Waals surface area contributed by atoms with E-state index in [1.807, 2.05) is 35.7 Å². The molecule has 0 saturated carbocycles. The highest BCUT2D eigenvalue weighted by Gasteiger charge is 2.23. The second-order valence-corrected chi connectivity index (χ2v) is 8.40. The van der Waals surface area contributed by atoms with Gasteiger partial charge in [0.1, 0.15) is 11.3 Å². The van der Waals surface area contributed by atoms with Crippen molar-refractivity contribution < 1.29 is 9.53 Å². The molecule has 8 heteroatoms. The van der Waals surface area contributed by atoms with Crippen LogP contribution in [0.15, 0.2) is 54.0 Å². The molecule has 3 aromatic heterocycles. The SMILES string of the molecule is COc1ccc(Cl)c2sc(N(Cc3ccccn3)C(=O)Cc3cccs3)nc12. The first-order valence-electron chi connectivity index (χ1n) is 8.51. The van der Waals surface area contributed by atoms with Crippen LogP contribution in [-0.4, -0.2) is 23.0 Å². The third kappa shape index (κ3) is 3.87. The Balaban J connectivity index is 1.75. The van der Waals surface area contributed by atoms with Gasteiger partial charge in [-0.2, -0.15) is 0 Å². The number of rotatable bonds is 6. The maximum absolute atomic E-state index is 13.1. The lowest BCUT2D eigenvalue weighted by Gasteiger charge is -2.19. The van der Waals surface area contributed by atoms with Gasteiger partial charge >= 0.3 is 0 Å². The van der Waals surface area contributed by atoms with Crippen LogP contribution in [0, 0.1) is 0 Å². The summed E-state index contributed by atoms with van der Waals surface area (Å²) in [5, 5.41) is 3.13. The Morgan fingerprint density at radius 1 is 1.21 bits per heavy atom. The molecule has 142 valence electrons. The van der Waals surface area contributed by atoms with Gasteiger partial charge in [0.05, 0.1) is 35.5 Å². The summed E-state index contributed by atoms with van der Waals surface area (Å²) in [6.45, 7) is 0.338. The Morgan fingerprint density at radius 3 is 2.82 bits per heavy atom. The molecule has 5 nitrogen and oxygen atoms in total. The normalized spacial score (nSPS) is 10.9. The Labute approximate surface area is 175 Å². The zero-order valence-electron chi connectivity index (χ0n) is 15.0. The number of nitrogens with zero attached hydrogens (tertiary/aromatic N) is 3. The van der Waals surface area contributed by atoms with Crippen LogP contribution in [0.5, 0.6) is 5.75 Å². The van der Waals surface area contributed by atoms with Crippen LogP contribution < -0.4 is 9.64 Å². The monoisotopic (exact) mass is 429 g/mol. The number of carbonyl (C=O) groups is 1. The fourth-order valence-electron chi connectivity index (χ4n) is 2.80. The van der Waals surface area contributed by atoms with Gasteiger partial charge in [-0.1, -0.05) is 35.1 Å². The summed E-state index contributed by atoms with van der Waals surface area (Å²) in [6.07, 6.45) is 2.03. The predicted molar refractivity (Wildman–Crippen MR) is 115 cm³/mol. The van der Waals surface area contributed by atoms with Gasteiger partial charge in [0.2, 0.25) is 5.91 Å². The predicted octanol–water partition coefficient (Wildman–Crippen LogP) is 5.19. The summed E-state index contributed by atoms with van der Waals surface area (Å²) >= 11 is 9.30. The maximum atomic E-state index is 13.1. The van der Waals surface area contributed by atoms with Crippen LogP contribution >= 0.6 is 34.3 Å². The molecule has 28 heavy (non-hydrogen) atoms. The smallest absolute Gasteiger partial charge is 0.234 e. The van der Waals surface area contributed by atoms with E-state index in [2.05, 4.69) is 9.97 Å². The van der Waals surface area contributed by atoms with Crippen LogP contribution in [-0.2, 0) is 17.8 Å². The molecule has 0 N–H and O–H groups in total. The summed E-state index contributed by atoms with van der Waals surface area (Å²) < 4.78 is 6.21. The quantitative estimate of drug-likeness (QED) is 0.423. The van der Waals surface area contributed by atoms with Gasteiger partial charge < -0.3 is 4.74 Å². The number of pyridine rings is 1. The number of fused-ring (bicyclic) bond motifs is 1. The van der Waals surface area contributed by atoms with Crippen LogP contribution in [0.3, 0.4) is 0 Å². The summed E-state index contributed by atoms with van der Waals surface area (Å²) in [5.74, 6) is 0.590. The molecule has 0 atom stereocenters. The zero-order valence-corrected chi connectivity index (χ0v) is 17.4. The number of hydrogen-bond donors (Lipinski definition) is 0.